The Hall–Kier alpha value is -4.01. The lowest BCUT2D eigenvalue weighted by Crippen LogP contribution is -2.61. The fourth-order valence-corrected chi connectivity index (χ4v) is 10.6. The van der Waals surface area contributed by atoms with E-state index in [4.69, 9.17) is 33.2 Å². The van der Waals surface area contributed by atoms with Crippen LogP contribution in [-0.2, 0) is 57.1 Å². The highest BCUT2D eigenvalue weighted by atomic mass is 16.6. The summed E-state index contributed by atoms with van der Waals surface area (Å²) >= 11 is 0. The van der Waals surface area contributed by atoms with Crippen LogP contribution < -0.4 is 0 Å². The van der Waals surface area contributed by atoms with Crippen molar-refractivity contribution in [1.82, 2.24) is 4.90 Å². The molecule has 1 saturated carbocycles. The van der Waals surface area contributed by atoms with Crippen LogP contribution in [0.1, 0.15) is 132 Å². The second kappa shape index (κ2) is 29.0. The number of hydrogen-bond donors (Lipinski definition) is 2. The number of carbonyl (C=O) groups excluding carboxylic acids is 5. The molecule has 2 N–H and O–H groups in total. The Balaban J connectivity index is 1.71. The largest absolute Gasteiger partial charge is 0.460 e. The molecule has 15 nitrogen and oxygen atoms in total. The zero-order valence-electron chi connectivity index (χ0n) is 44.4. The van der Waals surface area contributed by atoms with Crippen LogP contribution in [-0.4, -0.2) is 140 Å². The molecule has 71 heavy (non-hydrogen) atoms. The average molecular weight is 996 g/mol. The molecule has 0 aromatic carbocycles. The van der Waals surface area contributed by atoms with Crippen LogP contribution >= 0.6 is 0 Å². The van der Waals surface area contributed by atoms with Crippen molar-refractivity contribution in [2.24, 2.45) is 35.5 Å². The first-order chi connectivity index (χ1) is 33.8. The van der Waals surface area contributed by atoms with Crippen molar-refractivity contribution in [1.29, 1.82) is 0 Å². The number of rotatable bonds is 10. The Morgan fingerprint density at radius 1 is 0.873 bits per heavy atom. The van der Waals surface area contributed by atoms with Gasteiger partial charge in [-0.3, -0.25) is 19.2 Å². The van der Waals surface area contributed by atoms with Crippen LogP contribution in [0.15, 0.2) is 47.6 Å². The molecule has 0 aromatic heterocycles. The second-order valence-electron chi connectivity index (χ2n) is 20.7. The third kappa shape index (κ3) is 16.8. The molecule has 4 aliphatic rings. The highest BCUT2D eigenvalue weighted by Crippen LogP contribution is 2.38. The van der Waals surface area contributed by atoms with Crippen molar-refractivity contribution in [2.75, 3.05) is 41.1 Å². The number of aliphatic hydroxyl groups is 2. The molecule has 0 radical (unpaired) electrons. The summed E-state index contributed by atoms with van der Waals surface area (Å²) in [6.45, 7) is 15.3. The smallest absolute Gasteiger partial charge is 0.329 e. The number of piperidine rings is 1. The van der Waals surface area contributed by atoms with Crippen molar-refractivity contribution < 1.29 is 67.3 Å². The number of ketones is 3. The molecule has 15 heteroatoms. The van der Waals surface area contributed by atoms with Crippen LogP contribution in [0.3, 0.4) is 0 Å². The Labute approximate surface area is 423 Å². The molecular formula is C56H85NO14. The fourth-order valence-electron chi connectivity index (χ4n) is 10.6. The van der Waals surface area contributed by atoms with Crippen LogP contribution in [0.2, 0.25) is 0 Å². The van der Waals surface area contributed by atoms with Crippen molar-refractivity contribution >= 4 is 29.2 Å². The summed E-state index contributed by atoms with van der Waals surface area (Å²) < 4.78 is 41.2. The minimum Gasteiger partial charge on any atom is -0.460 e. The van der Waals surface area contributed by atoms with Gasteiger partial charge in [0.05, 0.1) is 31.5 Å². The number of nitrogens with zero attached hydrogens (tertiary/aromatic N) is 1. The Morgan fingerprint density at radius 2 is 1.62 bits per heavy atom. The first-order valence-corrected chi connectivity index (χ1v) is 25.9. The van der Waals surface area contributed by atoms with Crippen molar-refractivity contribution in [2.45, 2.75) is 187 Å². The van der Waals surface area contributed by atoms with Gasteiger partial charge in [0, 0.05) is 65.4 Å². The molecule has 3 fully saturated rings. The molecule has 4 rings (SSSR count). The van der Waals surface area contributed by atoms with E-state index in [9.17, 15) is 34.2 Å². The van der Waals surface area contributed by atoms with Gasteiger partial charge in [-0.25, -0.2) is 4.79 Å². The summed E-state index contributed by atoms with van der Waals surface area (Å²) in [4.78, 5) is 72.5. The maximum absolute atomic E-state index is 14.5. The summed E-state index contributed by atoms with van der Waals surface area (Å²) in [5.74, 6) is -5.27. The maximum Gasteiger partial charge on any atom is 0.329 e. The average Bonchev–Trinajstić information content (AvgIpc) is 3.35. The van der Waals surface area contributed by atoms with Crippen molar-refractivity contribution in [3.63, 3.8) is 0 Å². The van der Waals surface area contributed by atoms with Crippen LogP contribution in [0.25, 0.3) is 0 Å². The lowest BCUT2D eigenvalue weighted by atomic mass is 9.78. The van der Waals surface area contributed by atoms with Gasteiger partial charge in [0.2, 0.25) is 5.79 Å². The van der Waals surface area contributed by atoms with E-state index in [1.807, 2.05) is 58.1 Å². The first kappa shape index (κ1) is 59.6. The highest BCUT2D eigenvalue weighted by molar-refractivity contribution is 6.39. The number of Topliss-reactive ketones (excluding diaryl/α,β-unsaturated/α-hetero) is 3. The van der Waals surface area contributed by atoms with E-state index in [1.54, 1.807) is 48.0 Å². The molecule has 12 unspecified atom stereocenters. The number of ether oxygens (including phenoxy) is 7. The molecule has 2 saturated heterocycles. The number of methoxy groups -OCH3 is 3. The summed E-state index contributed by atoms with van der Waals surface area (Å²) in [6.07, 6.45) is 14.5. The summed E-state index contributed by atoms with van der Waals surface area (Å²) in [7, 11) is 4.67. The van der Waals surface area contributed by atoms with Gasteiger partial charge in [-0.1, -0.05) is 77.0 Å². The third-order valence-corrected chi connectivity index (χ3v) is 15.1. The zero-order valence-corrected chi connectivity index (χ0v) is 44.4. The van der Waals surface area contributed by atoms with Crippen LogP contribution in [0, 0.1) is 47.5 Å². The SMILES string of the molecule is CC#COC1CC2CC[C@@H](C)C(O)(O2)C(=O)C(=O)N2CCCC[C@H]2C(=O)OC(C(C)CC2CCC(OCCOC)C(OC)C2)CC(=O)C(C)/C=C(\C)C(O)C(OC)C(=O)[C@H](C)CC(C)/C=C/C=CC=C1C. The summed E-state index contributed by atoms with van der Waals surface area (Å²) in [5.41, 5.74) is 1.20. The molecule has 1 aliphatic carbocycles. The molecule has 3 heterocycles. The topological polar surface area (TPSA) is 194 Å². The highest BCUT2D eigenvalue weighted by Gasteiger charge is 2.53. The standard InChI is InChI=1S/C56H85NO14/c1-12-26-68-47-33-43-23-21-41(8)56(64,71-43)53(61)54(62)57-25-17-16-20-44(57)55(63)70-48(38(5)31-42-22-24-46(49(32-42)66-10)69-28-27-65-9)34-45(58)37(4)30-40(7)51(60)52(67-11)50(59)39(6)29-35(2)18-14-13-15-19-36(47)3/h13-15,18-19,30,35,37-39,41-44,46-49,51-52,60,64H,16-17,20-25,27-29,31-34H2,1-11H3/b15-13?,18-14+,36-19?,40-30+/t35?,37?,38?,39-,41-,42?,43?,44+,46?,47?,48?,49?,51?,52?,56?/m1/s1. The molecule has 2 bridgehead atoms. The lowest BCUT2D eigenvalue weighted by Gasteiger charge is -2.42. The van der Waals surface area contributed by atoms with E-state index in [1.165, 1.54) is 12.0 Å². The van der Waals surface area contributed by atoms with E-state index in [2.05, 4.69) is 12.0 Å². The minimum absolute atomic E-state index is 0.000433. The molecule has 398 valence electrons. The van der Waals surface area contributed by atoms with Crippen molar-refractivity contribution in [3.05, 3.63) is 47.6 Å². The van der Waals surface area contributed by atoms with Gasteiger partial charge in [0.15, 0.2) is 5.78 Å². The summed E-state index contributed by atoms with van der Waals surface area (Å²) in [5, 5.41) is 23.6. The van der Waals surface area contributed by atoms with Crippen LogP contribution in [0.5, 0.6) is 0 Å². The quantitative estimate of drug-likeness (QED) is 0.0734. The lowest BCUT2D eigenvalue weighted by molar-refractivity contribution is -0.265. The molecule has 0 spiro atoms. The van der Waals surface area contributed by atoms with E-state index in [0.717, 1.165) is 18.4 Å². The Morgan fingerprint density at radius 3 is 2.31 bits per heavy atom. The Bertz CT molecular complexity index is 1970. The molecular weight excluding hydrogens is 911 g/mol. The first-order valence-electron chi connectivity index (χ1n) is 25.9. The number of hydrogen-bond acceptors (Lipinski definition) is 14. The number of allylic oxidation sites excluding steroid dienone is 6. The second-order valence-corrected chi connectivity index (χ2v) is 20.7. The van der Waals surface area contributed by atoms with E-state index < -0.39 is 77.8 Å². The number of fused-ring (bicyclic) bond motifs is 3. The van der Waals surface area contributed by atoms with Gasteiger partial charge in [0.25, 0.3) is 11.7 Å². The monoisotopic (exact) mass is 996 g/mol. The Kier molecular flexibility index (Phi) is 24.3. The fraction of sp³-hybridized carbons (Fsp3) is 0.732. The van der Waals surface area contributed by atoms with Crippen LogP contribution in [0.4, 0.5) is 0 Å². The predicted octanol–water partition coefficient (Wildman–Crippen LogP) is 7.20. The molecule has 1 amide bonds. The minimum atomic E-state index is -2.47. The van der Waals surface area contributed by atoms with Gasteiger partial charge >= 0.3 is 5.97 Å². The predicted molar refractivity (Wildman–Crippen MR) is 268 cm³/mol. The third-order valence-electron chi connectivity index (χ3n) is 15.1. The van der Waals surface area contributed by atoms with Gasteiger partial charge in [-0.15, -0.1) is 0 Å². The van der Waals surface area contributed by atoms with E-state index in [0.29, 0.717) is 63.7 Å². The van der Waals surface area contributed by atoms with E-state index in [-0.39, 0.29) is 67.3 Å². The summed E-state index contributed by atoms with van der Waals surface area (Å²) in [6, 6.07) is -1.15. The number of esters is 1. The number of cyclic esters (lactones) is 1. The zero-order chi connectivity index (χ0) is 52.4. The van der Waals surface area contributed by atoms with Crippen molar-refractivity contribution in [3.8, 4) is 12.0 Å². The number of carbonyl (C=O) groups is 5. The van der Waals surface area contributed by atoms with Gasteiger partial charge in [-0.05, 0) is 107 Å². The maximum atomic E-state index is 14.5. The van der Waals surface area contributed by atoms with E-state index >= 15 is 0 Å². The number of amides is 1. The van der Waals surface area contributed by atoms with Gasteiger partial charge in [0.1, 0.15) is 42.3 Å². The normalized spacial score (nSPS) is 36.5. The van der Waals surface area contributed by atoms with Gasteiger partial charge in [-0.2, -0.15) is 0 Å². The molecule has 0 aromatic rings. The number of aliphatic hydroxyl groups excluding tert-OH is 1. The van der Waals surface area contributed by atoms with Gasteiger partial charge < -0.3 is 48.3 Å². The molecule has 15 atom stereocenters. The molecule has 3 aliphatic heterocycles.